The minimum Gasteiger partial charge on any atom is -0.444 e. The molecule has 2 saturated heterocycles. The average Bonchev–Trinajstić information content (AvgIpc) is 3.60. The third-order valence-corrected chi connectivity index (χ3v) is 9.40. The summed E-state index contributed by atoms with van der Waals surface area (Å²) >= 11 is 0. The van der Waals surface area contributed by atoms with E-state index in [1.807, 2.05) is 65.5 Å². The van der Waals surface area contributed by atoms with Crippen LogP contribution in [0.5, 0.6) is 0 Å². The van der Waals surface area contributed by atoms with Gasteiger partial charge in [0, 0.05) is 11.9 Å². The standard InChI is InChI=1S/C35H44BN3O5/c1-20-14-29(39(18-20)32(41)42-33(3,4)5)31-37-28-13-10-22-17-26(21(2)15-27(22)30(28)38-31)25-12-11-24(16-23(25)19-40)36-43-34(6,7)35(8,9)44-36/h10-13,15-17,20,29,40H,14,18-19H2,1-9H3,(H,37,38)/t20-,29-/m0/s1. The van der Waals surface area contributed by atoms with Crippen LogP contribution in [0.15, 0.2) is 42.5 Å². The molecule has 6 rings (SSSR count). The minimum atomic E-state index is -0.561. The van der Waals surface area contributed by atoms with Crippen LogP contribution in [0.1, 0.15) is 84.8 Å². The molecule has 9 heteroatoms. The number of imidazole rings is 1. The quantitative estimate of drug-likeness (QED) is 0.251. The van der Waals surface area contributed by atoms with E-state index in [-0.39, 0.29) is 18.7 Å². The number of amides is 1. The summed E-state index contributed by atoms with van der Waals surface area (Å²) in [6.07, 6.45) is 0.522. The molecule has 2 aliphatic heterocycles. The number of aromatic nitrogens is 2. The summed E-state index contributed by atoms with van der Waals surface area (Å²) in [4.78, 5) is 23.5. The van der Waals surface area contributed by atoms with Crippen molar-refractivity contribution in [2.45, 2.75) is 98.2 Å². The van der Waals surface area contributed by atoms with Gasteiger partial charge >= 0.3 is 13.2 Å². The van der Waals surface area contributed by atoms with Crippen molar-refractivity contribution in [1.29, 1.82) is 0 Å². The molecule has 2 fully saturated rings. The molecule has 1 aromatic heterocycles. The summed E-state index contributed by atoms with van der Waals surface area (Å²) in [5.41, 5.74) is 5.20. The Hall–Kier alpha value is -3.40. The third-order valence-electron chi connectivity index (χ3n) is 9.40. The van der Waals surface area contributed by atoms with Crippen molar-refractivity contribution in [2.75, 3.05) is 6.54 Å². The number of aryl methyl sites for hydroxylation is 1. The Labute approximate surface area is 260 Å². The first-order valence-electron chi connectivity index (χ1n) is 15.6. The smallest absolute Gasteiger partial charge is 0.444 e. The van der Waals surface area contributed by atoms with Gasteiger partial charge in [0.2, 0.25) is 0 Å². The summed E-state index contributed by atoms with van der Waals surface area (Å²) in [6, 6.07) is 14.4. The average molecular weight is 598 g/mol. The molecule has 1 amide bonds. The van der Waals surface area contributed by atoms with Gasteiger partial charge in [-0.25, -0.2) is 9.78 Å². The lowest BCUT2D eigenvalue weighted by Gasteiger charge is -2.32. The van der Waals surface area contributed by atoms with E-state index in [1.165, 1.54) is 0 Å². The van der Waals surface area contributed by atoms with Crippen molar-refractivity contribution in [3.8, 4) is 11.1 Å². The van der Waals surface area contributed by atoms with Gasteiger partial charge < -0.3 is 24.1 Å². The van der Waals surface area contributed by atoms with Crippen molar-refractivity contribution in [2.24, 2.45) is 5.92 Å². The maximum atomic E-state index is 13.1. The van der Waals surface area contributed by atoms with E-state index in [1.54, 1.807) is 0 Å². The maximum Gasteiger partial charge on any atom is 0.494 e. The Morgan fingerprint density at radius 1 is 1.09 bits per heavy atom. The van der Waals surface area contributed by atoms with Gasteiger partial charge in [0.15, 0.2) is 0 Å². The number of likely N-dealkylation sites (tertiary alicyclic amines) is 1. The van der Waals surface area contributed by atoms with Crippen LogP contribution >= 0.6 is 0 Å². The summed E-state index contributed by atoms with van der Waals surface area (Å²) in [5, 5.41) is 12.5. The van der Waals surface area contributed by atoms with Crippen molar-refractivity contribution in [1.82, 2.24) is 14.9 Å². The second-order valence-corrected chi connectivity index (χ2v) is 14.6. The summed E-state index contributed by atoms with van der Waals surface area (Å²) in [7, 11) is -0.492. The lowest BCUT2D eigenvalue weighted by atomic mass is 9.77. The molecule has 0 bridgehead atoms. The molecule has 3 aromatic carbocycles. The fourth-order valence-corrected chi connectivity index (χ4v) is 6.38. The van der Waals surface area contributed by atoms with Gasteiger partial charge in [0.05, 0.1) is 34.9 Å². The number of aromatic amines is 1. The highest BCUT2D eigenvalue weighted by Crippen LogP contribution is 2.39. The Morgan fingerprint density at radius 3 is 2.45 bits per heavy atom. The van der Waals surface area contributed by atoms with Crippen molar-refractivity contribution in [3.05, 3.63) is 59.4 Å². The van der Waals surface area contributed by atoms with E-state index >= 15 is 0 Å². The number of hydrogen-bond donors (Lipinski definition) is 2. The number of aliphatic hydroxyl groups excluding tert-OH is 1. The number of H-pyrrole nitrogens is 1. The second-order valence-electron chi connectivity index (χ2n) is 14.6. The zero-order valence-corrected chi connectivity index (χ0v) is 27.4. The molecule has 4 aromatic rings. The highest BCUT2D eigenvalue weighted by Gasteiger charge is 2.51. The molecular weight excluding hydrogens is 553 g/mol. The zero-order chi connectivity index (χ0) is 31.8. The molecule has 0 saturated carbocycles. The first-order chi connectivity index (χ1) is 20.6. The number of fused-ring (bicyclic) bond motifs is 3. The number of nitrogens with zero attached hydrogens (tertiary/aromatic N) is 2. The number of benzene rings is 3. The van der Waals surface area contributed by atoms with Crippen LogP contribution in [0.4, 0.5) is 4.79 Å². The molecule has 44 heavy (non-hydrogen) atoms. The van der Waals surface area contributed by atoms with Gasteiger partial charge in [0.1, 0.15) is 11.4 Å². The van der Waals surface area contributed by atoms with Gasteiger partial charge in [-0.3, -0.25) is 4.90 Å². The predicted octanol–water partition coefficient (Wildman–Crippen LogP) is 6.80. The molecule has 2 N–H and O–H groups in total. The molecule has 0 radical (unpaired) electrons. The van der Waals surface area contributed by atoms with Crippen molar-refractivity contribution in [3.63, 3.8) is 0 Å². The lowest BCUT2D eigenvalue weighted by Crippen LogP contribution is -2.41. The van der Waals surface area contributed by atoms with Crippen LogP contribution in [0.2, 0.25) is 0 Å². The molecule has 8 nitrogen and oxygen atoms in total. The normalized spacial score (nSPS) is 21.5. The number of rotatable bonds is 4. The van der Waals surface area contributed by atoms with Gasteiger partial charge in [0.25, 0.3) is 0 Å². The summed E-state index contributed by atoms with van der Waals surface area (Å²) in [6.45, 7) is 18.6. The first-order valence-corrected chi connectivity index (χ1v) is 15.6. The topological polar surface area (TPSA) is 96.9 Å². The lowest BCUT2D eigenvalue weighted by molar-refractivity contribution is 0.00578. The molecule has 3 heterocycles. The largest absolute Gasteiger partial charge is 0.494 e. The molecule has 2 atom stereocenters. The highest BCUT2D eigenvalue weighted by molar-refractivity contribution is 6.62. The Morgan fingerprint density at radius 2 is 1.80 bits per heavy atom. The summed E-state index contributed by atoms with van der Waals surface area (Å²) < 4.78 is 18.2. The van der Waals surface area contributed by atoms with E-state index in [9.17, 15) is 9.90 Å². The molecule has 2 aliphatic rings. The zero-order valence-electron chi connectivity index (χ0n) is 27.4. The van der Waals surface area contributed by atoms with Crippen LogP contribution in [0, 0.1) is 12.8 Å². The number of ether oxygens (including phenoxy) is 1. The van der Waals surface area contributed by atoms with E-state index in [2.05, 4.69) is 49.2 Å². The van der Waals surface area contributed by atoms with E-state index in [4.69, 9.17) is 19.0 Å². The van der Waals surface area contributed by atoms with Gasteiger partial charge in [-0.15, -0.1) is 0 Å². The predicted molar refractivity (Wildman–Crippen MR) is 175 cm³/mol. The number of aliphatic hydroxyl groups is 1. The molecular formula is C35H44BN3O5. The van der Waals surface area contributed by atoms with Crippen LogP contribution in [-0.4, -0.2) is 56.5 Å². The second kappa shape index (κ2) is 10.6. The fourth-order valence-electron chi connectivity index (χ4n) is 6.38. The highest BCUT2D eigenvalue weighted by atomic mass is 16.7. The number of hydrogen-bond acceptors (Lipinski definition) is 6. The minimum absolute atomic E-state index is 0.101. The monoisotopic (exact) mass is 597 g/mol. The van der Waals surface area contributed by atoms with Crippen molar-refractivity contribution < 1.29 is 23.9 Å². The van der Waals surface area contributed by atoms with E-state index < -0.39 is 23.9 Å². The van der Waals surface area contributed by atoms with Gasteiger partial charge in [-0.05, 0) is 119 Å². The van der Waals surface area contributed by atoms with Crippen molar-refractivity contribution >= 4 is 40.5 Å². The Balaban J connectivity index is 1.35. The SMILES string of the molecule is Cc1cc2c(ccc3[nH]c([C@@H]4C[C@H](C)CN4C(=O)OC(C)(C)C)nc32)cc1-c1ccc(B2OC(C)(C)C(C)(C)O2)cc1CO. The van der Waals surface area contributed by atoms with Gasteiger partial charge in [-0.2, -0.15) is 0 Å². The molecule has 0 unspecified atom stereocenters. The number of nitrogens with one attached hydrogen (secondary N) is 1. The molecule has 0 aliphatic carbocycles. The first kappa shape index (κ1) is 30.6. The third kappa shape index (κ3) is 5.39. The van der Waals surface area contributed by atoms with Crippen LogP contribution in [0.25, 0.3) is 32.9 Å². The molecule has 0 spiro atoms. The number of carbonyl (C=O) groups excluding carboxylic acids is 1. The summed E-state index contributed by atoms with van der Waals surface area (Å²) in [5.74, 6) is 1.13. The van der Waals surface area contributed by atoms with Crippen LogP contribution < -0.4 is 5.46 Å². The fraction of sp³-hybridized carbons (Fsp3) is 0.486. The van der Waals surface area contributed by atoms with E-state index in [0.717, 1.165) is 61.8 Å². The maximum absolute atomic E-state index is 13.1. The van der Waals surface area contributed by atoms with E-state index in [0.29, 0.717) is 12.5 Å². The number of carbonyl (C=O) groups is 1. The van der Waals surface area contributed by atoms with Crippen LogP contribution in [0.3, 0.4) is 0 Å². The Bertz CT molecular complexity index is 1740. The van der Waals surface area contributed by atoms with Gasteiger partial charge in [-0.1, -0.05) is 31.2 Å². The van der Waals surface area contributed by atoms with Crippen LogP contribution in [-0.2, 0) is 20.7 Å². The molecule has 232 valence electrons. The Kier molecular flexibility index (Phi) is 7.38.